The maximum absolute atomic E-state index is 12.0. The van der Waals surface area contributed by atoms with Crippen LogP contribution in [0.5, 0.6) is 5.75 Å². The van der Waals surface area contributed by atoms with Crippen LogP contribution in [-0.4, -0.2) is 73.7 Å². The standard InChI is InChI=1S/C18H25N3O3S2/c1-24-14-6-4-13(5-7-14)16(20-8-2-3-9-20)10-21-17-12-26(22,23)11-15(17)19-18(21)25/h4-7,15-17H,2-3,8-12H2,1H3,(H,19,25)/t15-,16-,17-/m0/s1. The normalized spacial score (nSPS) is 28.8. The van der Waals surface area contributed by atoms with Crippen molar-refractivity contribution < 1.29 is 13.2 Å². The van der Waals surface area contributed by atoms with Crippen molar-refractivity contribution >= 4 is 27.2 Å². The second-order valence-electron chi connectivity index (χ2n) is 7.38. The molecule has 3 aliphatic rings. The molecule has 26 heavy (non-hydrogen) atoms. The average molecular weight is 396 g/mol. The molecule has 8 heteroatoms. The van der Waals surface area contributed by atoms with Gasteiger partial charge in [0, 0.05) is 6.54 Å². The van der Waals surface area contributed by atoms with Gasteiger partial charge in [0.25, 0.3) is 0 Å². The number of ether oxygens (including phenoxy) is 1. The zero-order valence-corrected chi connectivity index (χ0v) is 16.6. The van der Waals surface area contributed by atoms with Gasteiger partial charge in [-0.05, 0) is 55.8 Å². The van der Waals surface area contributed by atoms with Gasteiger partial charge in [0.1, 0.15) is 5.75 Å². The zero-order chi connectivity index (χ0) is 18.3. The van der Waals surface area contributed by atoms with Crippen LogP contribution in [-0.2, 0) is 9.84 Å². The van der Waals surface area contributed by atoms with Crippen LogP contribution in [0.4, 0.5) is 0 Å². The van der Waals surface area contributed by atoms with Gasteiger partial charge in [0.15, 0.2) is 14.9 Å². The lowest BCUT2D eigenvalue weighted by molar-refractivity contribution is 0.192. The van der Waals surface area contributed by atoms with Crippen LogP contribution in [0.25, 0.3) is 0 Å². The molecule has 1 N–H and O–H groups in total. The van der Waals surface area contributed by atoms with E-state index in [1.54, 1.807) is 7.11 Å². The Morgan fingerprint density at radius 2 is 1.92 bits per heavy atom. The molecule has 1 aromatic rings. The lowest BCUT2D eigenvalue weighted by Crippen LogP contribution is -2.43. The second kappa shape index (κ2) is 6.98. The largest absolute Gasteiger partial charge is 0.497 e. The van der Waals surface area contributed by atoms with Crippen LogP contribution in [0.15, 0.2) is 24.3 Å². The van der Waals surface area contributed by atoms with Crippen LogP contribution in [0.2, 0.25) is 0 Å². The predicted octanol–water partition coefficient (Wildman–Crippen LogP) is 1.19. The Morgan fingerprint density at radius 3 is 2.58 bits per heavy atom. The van der Waals surface area contributed by atoms with Crippen molar-refractivity contribution in [2.24, 2.45) is 0 Å². The molecule has 3 heterocycles. The Bertz CT molecular complexity index is 775. The highest BCUT2D eigenvalue weighted by Gasteiger charge is 2.47. The van der Waals surface area contributed by atoms with E-state index in [4.69, 9.17) is 17.0 Å². The summed E-state index contributed by atoms with van der Waals surface area (Å²) in [6, 6.07) is 8.28. The first-order valence-corrected chi connectivity index (χ1v) is 11.4. The van der Waals surface area contributed by atoms with E-state index in [-0.39, 0.29) is 29.6 Å². The van der Waals surface area contributed by atoms with Crippen molar-refractivity contribution in [1.29, 1.82) is 0 Å². The Labute approximate surface area is 160 Å². The van der Waals surface area contributed by atoms with E-state index in [0.717, 1.165) is 25.4 Å². The van der Waals surface area contributed by atoms with Gasteiger partial charge in [0.2, 0.25) is 0 Å². The van der Waals surface area contributed by atoms with Crippen molar-refractivity contribution in [3.05, 3.63) is 29.8 Å². The molecule has 0 aromatic heterocycles. The number of rotatable bonds is 5. The fourth-order valence-corrected chi connectivity index (χ4v) is 6.66. The molecule has 3 atom stereocenters. The van der Waals surface area contributed by atoms with Crippen molar-refractivity contribution in [2.45, 2.75) is 31.0 Å². The molecule has 0 amide bonds. The summed E-state index contributed by atoms with van der Waals surface area (Å²) in [5.41, 5.74) is 1.22. The quantitative estimate of drug-likeness (QED) is 0.752. The van der Waals surface area contributed by atoms with Gasteiger partial charge >= 0.3 is 0 Å². The molecule has 6 nitrogen and oxygen atoms in total. The summed E-state index contributed by atoms with van der Waals surface area (Å²) in [4.78, 5) is 4.60. The molecule has 0 spiro atoms. The number of methoxy groups -OCH3 is 1. The van der Waals surface area contributed by atoms with E-state index < -0.39 is 9.84 Å². The maximum atomic E-state index is 12.0. The van der Waals surface area contributed by atoms with Gasteiger partial charge in [0.05, 0.1) is 36.7 Å². The number of nitrogens with one attached hydrogen (secondary N) is 1. The third-order valence-corrected chi connectivity index (χ3v) is 7.81. The molecule has 3 fully saturated rings. The van der Waals surface area contributed by atoms with E-state index in [0.29, 0.717) is 5.11 Å². The molecule has 0 bridgehead atoms. The summed E-state index contributed by atoms with van der Waals surface area (Å²) >= 11 is 5.53. The minimum Gasteiger partial charge on any atom is -0.497 e. The first-order valence-electron chi connectivity index (χ1n) is 9.12. The number of thiocarbonyl (C=S) groups is 1. The molecule has 4 rings (SSSR count). The second-order valence-corrected chi connectivity index (χ2v) is 9.93. The predicted molar refractivity (Wildman–Crippen MR) is 105 cm³/mol. The fraction of sp³-hybridized carbons (Fsp3) is 0.611. The summed E-state index contributed by atoms with van der Waals surface area (Å²) in [6.07, 6.45) is 2.41. The minimum atomic E-state index is -2.98. The van der Waals surface area contributed by atoms with Crippen molar-refractivity contribution in [1.82, 2.24) is 15.1 Å². The number of nitrogens with zero attached hydrogens (tertiary/aromatic N) is 2. The monoisotopic (exact) mass is 395 g/mol. The van der Waals surface area contributed by atoms with Crippen LogP contribution in [0, 0.1) is 0 Å². The van der Waals surface area contributed by atoms with E-state index in [2.05, 4.69) is 27.2 Å². The summed E-state index contributed by atoms with van der Waals surface area (Å²) in [5.74, 6) is 1.22. The summed E-state index contributed by atoms with van der Waals surface area (Å²) < 4.78 is 29.4. The van der Waals surface area contributed by atoms with E-state index in [1.807, 2.05) is 12.1 Å². The van der Waals surface area contributed by atoms with Gasteiger partial charge in [-0.1, -0.05) is 12.1 Å². The molecule has 1 aromatic carbocycles. The van der Waals surface area contributed by atoms with Crippen LogP contribution in [0.1, 0.15) is 24.4 Å². The summed E-state index contributed by atoms with van der Waals surface area (Å²) in [6.45, 7) is 2.85. The van der Waals surface area contributed by atoms with Gasteiger partial charge < -0.3 is 15.0 Å². The molecular formula is C18H25N3O3S2. The van der Waals surface area contributed by atoms with Crippen molar-refractivity contribution in [2.75, 3.05) is 38.2 Å². The van der Waals surface area contributed by atoms with E-state index in [1.165, 1.54) is 18.4 Å². The van der Waals surface area contributed by atoms with Gasteiger partial charge in [-0.15, -0.1) is 0 Å². The summed E-state index contributed by atoms with van der Waals surface area (Å²) in [5, 5.41) is 3.91. The number of hydrogen-bond acceptors (Lipinski definition) is 5. The van der Waals surface area contributed by atoms with Crippen LogP contribution >= 0.6 is 12.2 Å². The van der Waals surface area contributed by atoms with Gasteiger partial charge in [-0.25, -0.2) is 8.42 Å². The van der Waals surface area contributed by atoms with Gasteiger partial charge in [-0.2, -0.15) is 0 Å². The highest BCUT2D eigenvalue weighted by atomic mass is 32.2. The van der Waals surface area contributed by atoms with Crippen LogP contribution in [0.3, 0.4) is 0 Å². The highest BCUT2D eigenvalue weighted by molar-refractivity contribution is 7.91. The molecule has 3 aliphatic heterocycles. The lowest BCUT2D eigenvalue weighted by Gasteiger charge is -2.34. The smallest absolute Gasteiger partial charge is 0.169 e. The zero-order valence-electron chi connectivity index (χ0n) is 14.9. The minimum absolute atomic E-state index is 0.0455. The molecule has 0 aliphatic carbocycles. The first kappa shape index (κ1) is 18.0. The van der Waals surface area contributed by atoms with Crippen molar-refractivity contribution in [3.8, 4) is 5.75 Å². The lowest BCUT2D eigenvalue weighted by atomic mass is 10.0. The first-order chi connectivity index (χ1) is 12.5. The van der Waals surface area contributed by atoms with E-state index in [9.17, 15) is 8.42 Å². The Morgan fingerprint density at radius 1 is 1.23 bits per heavy atom. The fourth-order valence-electron chi connectivity index (χ4n) is 4.38. The Hall–Kier alpha value is -1.38. The molecule has 0 unspecified atom stereocenters. The average Bonchev–Trinajstić information content (AvgIpc) is 3.29. The molecular weight excluding hydrogens is 370 g/mol. The van der Waals surface area contributed by atoms with Crippen molar-refractivity contribution in [3.63, 3.8) is 0 Å². The Kier molecular flexibility index (Phi) is 4.83. The number of benzene rings is 1. The third-order valence-electron chi connectivity index (χ3n) is 5.74. The maximum Gasteiger partial charge on any atom is 0.169 e. The number of fused-ring (bicyclic) bond motifs is 1. The Balaban J connectivity index is 1.59. The molecule has 0 saturated carbocycles. The molecule has 142 valence electrons. The summed E-state index contributed by atoms with van der Waals surface area (Å²) in [7, 11) is -1.32. The van der Waals surface area contributed by atoms with Gasteiger partial charge in [-0.3, -0.25) is 4.90 Å². The number of hydrogen-bond donors (Lipinski definition) is 1. The molecule has 0 radical (unpaired) electrons. The third kappa shape index (κ3) is 3.42. The molecule has 3 saturated heterocycles. The van der Waals surface area contributed by atoms with Crippen LogP contribution < -0.4 is 10.1 Å². The highest BCUT2D eigenvalue weighted by Crippen LogP contribution is 2.31. The number of likely N-dealkylation sites (tertiary alicyclic amines) is 1. The van der Waals surface area contributed by atoms with E-state index >= 15 is 0 Å². The topological polar surface area (TPSA) is 61.9 Å². The number of sulfone groups is 1. The SMILES string of the molecule is COc1ccc([C@H](CN2C(=S)N[C@H]3CS(=O)(=O)C[C@@H]32)N2CCCC2)cc1.